The van der Waals surface area contributed by atoms with E-state index in [1.807, 2.05) is 36.9 Å². The Kier molecular flexibility index (Phi) is 6.47. The number of carbonyl (C=O) groups excluding carboxylic acids is 1. The molecule has 1 amide bonds. The van der Waals surface area contributed by atoms with Crippen LogP contribution in [-0.4, -0.2) is 39.7 Å². The highest BCUT2D eigenvalue weighted by Crippen LogP contribution is 2.21. The summed E-state index contributed by atoms with van der Waals surface area (Å²) in [4.78, 5) is 14.8. The first kappa shape index (κ1) is 21.2. The molecule has 0 atom stereocenters. The van der Waals surface area contributed by atoms with Gasteiger partial charge in [-0.25, -0.2) is 4.39 Å². The molecule has 1 aliphatic heterocycles. The van der Waals surface area contributed by atoms with E-state index >= 15 is 0 Å². The summed E-state index contributed by atoms with van der Waals surface area (Å²) in [5, 5.41) is 7.79. The minimum Gasteiger partial charge on any atom is -0.353 e. The van der Waals surface area contributed by atoms with Crippen LogP contribution in [0.15, 0.2) is 54.6 Å². The van der Waals surface area contributed by atoms with Crippen molar-refractivity contribution in [3.8, 4) is 11.3 Å². The van der Waals surface area contributed by atoms with Gasteiger partial charge in [-0.05, 0) is 55.7 Å². The van der Waals surface area contributed by atoms with E-state index in [0.717, 1.165) is 55.0 Å². The van der Waals surface area contributed by atoms with Gasteiger partial charge in [0.05, 0.1) is 17.8 Å². The van der Waals surface area contributed by atoms with E-state index in [0.29, 0.717) is 6.42 Å². The molecular weight excluding hydrogens is 391 g/mol. The zero-order valence-electron chi connectivity index (χ0n) is 18.1. The lowest BCUT2D eigenvalue weighted by Gasteiger charge is -2.32. The summed E-state index contributed by atoms with van der Waals surface area (Å²) in [6.07, 6.45) is 2.33. The van der Waals surface area contributed by atoms with Crippen LogP contribution in [0.25, 0.3) is 11.3 Å². The Hall–Kier alpha value is -2.99. The maximum atomic E-state index is 13.2. The van der Waals surface area contributed by atoms with Crippen LogP contribution in [0, 0.1) is 12.7 Å². The first-order valence-corrected chi connectivity index (χ1v) is 10.8. The summed E-state index contributed by atoms with van der Waals surface area (Å²) >= 11 is 0. The second kappa shape index (κ2) is 9.43. The molecule has 5 nitrogen and oxygen atoms in total. The molecule has 4 rings (SSSR count). The summed E-state index contributed by atoms with van der Waals surface area (Å²) in [5.41, 5.74) is 5.13. The van der Waals surface area contributed by atoms with Crippen molar-refractivity contribution >= 4 is 5.91 Å². The van der Waals surface area contributed by atoms with Crippen molar-refractivity contribution in [2.45, 2.75) is 38.8 Å². The van der Waals surface area contributed by atoms with E-state index in [9.17, 15) is 9.18 Å². The highest BCUT2D eigenvalue weighted by atomic mass is 19.1. The summed E-state index contributed by atoms with van der Waals surface area (Å²) < 4.78 is 15.1. The fourth-order valence-corrected chi connectivity index (χ4v) is 4.17. The van der Waals surface area contributed by atoms with E-state index in [2.05, 4.69) is 27.4 Å². The zero-order valence-corrected chi connectivity index (χ0v) is 18.1. The molecule has 0 aliphatic carbocycles. The van der Waals surface area contributed by atoms with Crippen molar-refractivity contribution in [3.63, 3.8) is 0 Å². The zero-order chi connectivity index (χ0) is 21.8. The van der Waals surface area contributed by atoms with E-state index in [1.54, 1.807) is 12.1 Å². The summed E-state index contributed by atoms with van der Waals surface area (Å²) in [6.45, 7) is 4.73. The first-order valence-electron chi connectivity index (χ1n) is 10.8. The van der Waals surface area contributed by atoms with Crippen LogP contribution in [0.3, 0.4) is 0 Å². The molecule has 6 heteroatoms. The second-order valence-electron chi connectivity index (χ2n) is 8.44. The molecule has 0 spiro atoms. The molecule has 2 aromatic carbocycles. The van der Waals surface area contributed by atoms with E-state index in [1.165, 1.54) is 17.7 Å². The van der Waals surface area contributed by atoms with Gasteiger partial charge in [-0.1, -0.05) is 29.8 Å². The second-order valence-corrected chi connectivity index (χ2v) is 8.44. The smallest absolute Gasteiger partial charge is 0.224 e. The fraction of sp³-hybridized carbons (Fsp3) is 0.360. The maximum absolute atomic E-state index is 13.2. The van der Waals surface area contributed by atoms with E-state index in [-0.39, 0.29) is 17.8 Å². The number of rotatable bonds is 6. The number of amides is 1. The minimum atomic E-state index is -0.242. The van der Waals surface area contributed by atoms with Gasteiger partial charge < -0.3 is 5.32 Å². The molecule has 1 aliphatic rings. The summed E-state index contributed by atoms with van der Waals surface area (Å²) in [7, 11) is 1.95. The van der Waals surface area contributed by atoms with Crippen LogP contribution >= 0.6 is 0 Å². The Balaban J connectivity index is 1.27. The monoisotopic (exact) mass is 420 g/mol. The molecule has 31 heavy (non-hydrogen) atoms. The standard InChI is InChI=1S/C25H29FN4O/c1-18-4-3-5-19(14-18)15-25(31)27-22-10-12-30(13-11-22)17-23-16-24(28-29(23)2)20-6-8-21(26)9-7-20/h3-9,14,16,22H,10-13,15,17H2,1-2H3,(H,27,31). The van der Waals surface area contributed by atoms with Gasteiger partial charge in [-0.2, -0.15) is 5.10 Å². The van der Waals surface area contributed by atoms with Gasteiger partial charge in [0.2, 0.25) is 5.91 Å². The molecule has 1 N–H and O–H groups in total. The number of piperidine rings is 1. The lowest BCUT2D eigenvalue weighted by Crippen LogP contribution is -2.44. The lowest BCUT2D eigenvalue weighted by atomic mass is 10.0. The molecule has 3 aromatic rings. The molecule has 0 saturated carbocycles. The Morgan fingerprint density at radius 1 is 1.13 bits per heavy atom. The van der Waals surface area contributed by atoms with E-state index in [4.69, 9.17) is 0 Å². The van der Waals surface area contributed by atoms with Gasteiger partial charge >= 0.3 is 0 Å². The van der Waals surface area contributed by atoms with E-state index < -0.39 is 0 Å². The van der Waals surface area contributed by atoms with Crippen molar-refractivity contribution in [1.29, 1.82) is 0 Å². The van der Waals surface area contributed by atoms with Crippen LogP contribution in [0.2, 0.25) is 0 Å². The van der Waals surface area contributed by atoms with Gasteiger partial charge in [-0.3, -0.25) is 14.4 Å². The average Bonchev–Trinajstić information content (AvgIpc) is 3.10. The SMILES string of the molecule is Cc1cccc(CC(=O)NC2CCN(Cc3cc(-c4ccc(F)cc4)nn3C)CC2)c1. The molecule has 0 radical (unpaired) electrons. The van der Waals surface area contributed by atoms with Gasteiger partial charge in [0, 0.05) is 38.3 Å². The molecule has 2 heterocycles. The molecule has 1 saturated heterocycles. The topological polar surface area (TPSA) is 50.2 Å². The minimum absolute atomic E-state index is 0.0969. The van der Waals surface area contributed by atoms with Crippen molar-refractivity contribution in [1.82, 2.24) is 20.0 Å². The van der Waals surface area contributed by atoms with Gasteiger partial charge in [0.15, 0.2) is 0 Å². The number of hydrogen-bond donors (Lipinski definition) is 1. The number of likely N-dealkylation sites (tertiary alicyclic amines) is 1. The first-order chi connectivity index (χ1) is 15.0. The third-order valence-corrected chi connectivity index (χ3v) is 5.90. The third kappa shape index (κ3) is 5.58. The van der Waals surface area contributed by atoms with Crippen molar-refractivity contribution in [2.24, 2.45) is 7.05 Å². The Labute approximate surface area is 182 Å². The quantitative estimate of drug-likeness (QED) is 0.659. The average molecular weight is 421 g/mol. The highest BCUT2D eigenvalue weighted by molar-refractivity contribution is 5.78. The van der Waals surface area contributed by atoms with Crippen LogP contribution in [0.5, 0.6) is 0 Å². The normalized spacial score (nSPS) is 15.2. The third-order valence-electron chi connectivity index (χ3n) is 5.90. The van der Waals surface area contributed by atoms with Crippen molar-refractivity contribution in [2.75, 3.05) is 13.1 Å². The molecule has 0 unspecified atom stereocenters. The fourth-order valence-electron chi connectivity index (χ4n) is 4.17. The number of hydrogen-bond acceptors (Lipinski definition) is 3. The van der Waals surface area contributed by atoms with Crippen molar-refractivity contribution < 1.29 is 9.18 Å². The number of benzene rings is 2. The predicted octanol–water partition coefficient (Wildman–Crippen LogP) is 3.86. The van der Waals surface area contributed by atoms with Crippen LogP contribution < -0.4 is 5.32 Å². The molecule has 0 bridgehead atoms. The number of nitrogens with zero attached hydrogens (tertiary/aromatic N) is 3. The molecule has 1 aromatic heterocycles. The van der Waals surface area contributed by atoms with Crippen molar-refractivity contribution in [3.05, 3.63) is 77.2 Å². The number of nitrogens with one attached hydrogen (secondary N) is 1. The van der Waals surface area contributed by atoms with Gasteiger partial charge in [0.25, 0.3) is 0 Å². The summed E-state index contributed by atoms with van der Waals surface area (Å²) in [5.74, 6) is -0.145. The largest absolute Gasteiger partial charge is 0.353 e. The molecule has 162 valence electrons. The number of aromatic nitrogens is 2. The Bertz CT molecular complexity index is 1040. The Morgan fingerprint density at radius 3 is 2.58 bits per heavy atom. The van der Waals surface area contributed by atoms with Gasteiger partial charge in [0.1, 0.15) is 5.82 Å². The molecule has 1 fully saturated rings. The molecular formula is C25H29FN4O. The van der Waals surface area contributed by atoms with Crippen LogP contribution in [-0.2, 0) is 24.8 Å². The summed E-state index contributed by atoms with van der Waals surface area (Å²) in [6, 6.07) is 16.8. The van der Waals surface area contributed by atoms with Gasteiger partial charge in [-0.15, -0.1) is 0 Å². The number of carbonyl (C=O) groups is 1. The Morgan fingerprint density at radius 2 is 1.87 bits per heavy atom. The predicted molar refractivity (Wildman–Crippen MR) is 120 cm³/mol. The van der Waals surface area contributed by atoms with Crippen LogP contribution in [0.1, 0.15) is 29.7 Å². The number of aryl methyl sites for hydroxylation is 2. The maximum Gasteiger partial charge on any atom is 0.224 e. The lowest BCUT2D eigenvalue weighted by molar-refractivity contribution is -0.121. The van der Waals surface area contributed by atoms with Crippen LogP contribution in [0.4, 0.5) is 4.39 Å². The highest BCUT2D eigenvalue weighted by Gasteiger charge is 2.22. The number of halogens is 1.